The molecule has 0 spiro atoms. The summed E-state index contributed by atoms with van der Waals surface area (Å²) in [5, 5.41) is 12.6. The maximum atomic E-state index is 6.59. The lowest BCUT2D eigenvalue weighted by Gasteiger charge is -2.25. The summed E-state index contributed by atoms with van der Waals surface area (Å²) in [5.74, 6) is 2.25. The predicted molar refractivity (Wildman–Crippen MR) is 196 cm³/mol. The molecule has 6 aromatic carbocycles. The third-order valence-corrected chi connectivity index (χ3v) is 9.37. The Morgan fingerprint density at radius 2 is 1.38 bits per heavy atom. The molecule has 228 valence electrons. The monoisotopic (exact) mass is 620 g/mol. The molecule has 2 aliphatic rings. The summed E-state index contributed by atoms with van der Waals surface area (Å²) >= 11 is 0. The molecule has 2 aromatic heterocycles. The number of anilines is 1. The van der Waals surface area contributed by atoms with Crippen LogP contribution in [0.4, 0.5) is 5.88 Å². The van der Waals surface area contributed by atoms with Crippen molar-refractivity contribution in [3.63, 3.8) is 0 Å². The number of para-hydroxylation sites is 2. The highest BCUT2D eigenvalue weighted by molar-refractivity contribution is 6.33. The van der Waals surface area contributed by atoms with Gasteiger partial charge < -0.3 is 19.5 Å². The normalized spacial score (nSPS) is 15.9. The van der Waals surface area contributed by atoms with E-state index in [0.717, 1.165) is 89.2 Å². The summed E-state index contributed by atoms with van der Waals surface area (Å²) in [6, 6.07) is 45.9. The molecule has 0 fully saturated rings. The Hall–Kier alpha value is -6.40. The van der Waals surface area contributed by atoms with Crippen LogP contribution in [0.3, 0.4) is 0 Å². The molecule has 1 atom stereocenters. The van der Waals surface area contributed by atoms with Crippen molar-refractivity contribution in [3.8, 4) is 11.1 Å². The molecule has 0 amide bonds. The van der Waals surface area contributed by atoms with Gasteiger partial charge in [0.2, 0.25) is 5.88 Å². The highest BCUT2D eigenvalue weighted by Crippen LogP contribution is 2.43. The molecule has 6 heteroatoms. The first-order chi connectivity index (χ1) is 23.8. The van der Waals surface area contributed by atoms with E-state index in [-0.39, 0.29) is 0 Å². The number of fused-ring (bicyclic) bond motifs is 7. The lowest BCUT2D eigenvalue weighted by atomic mass is 9.96. The molecular weight excluding hydrogens is 592 g/mol. The van der Waals surface area contributed by atoms with Crippen LogP contribution in [-0.4, -0.2) is 18.2 Å². The highest BCUT2D eigenvalue weighted by atomic mass is 16.4. The molecule has 0 saturated heterocycles. The van der Waals surface area contributed by atoms with Crippen LogP contribution in [0.5, 0.6) is 0 Å². The molecule has 0 aliphatic carbocycles. The summed E-state index contributed by atoms with van der Waals surface area (Å²) in [4.78, 5) is 10.6. The van der Waals surface area contributed by atoms with E-state index in [1.165, 1.54) is 5.39 Å². The molecule has 2 aliphatic heterocycles. The quantitative estimate of drug-likeness (QED) is 0.205. The standard InChI is InChI=1S/C42H28N4O2/c1-2-11-26(12-3-1)29-15-8-16-31-37-33(22-23-43-42(37)48-38(29)31)41-45-39(28-21-20-25-10-4-5-13-27(25)24-28)44-40(46-41)32-17-9-19-35-36(32)30-14-6-7-18-34(30)47-35/h1-22,24,40,43H,23H2,(H,44,45,46). The summed E-state index contributed by atoms with van der Waals surface area (Å²) in [6.45, 7) is 0.610. The minimum atomic E-state index is -0.510. The van der Waals surface area contributed by atoms with Crippen molar-refractivity contribution in [3.05, 3.63) is 156 Å². The van der Waals surface area contributed by atoms with Gasteiger partial charge in [-0.25, -0.2) is 9.98 Å². The number of aliphatic imine (C=N–C) groups is 2. The fraction of sp³-hybridized carbons (Fsp3) is 0.0476. The van der Waals surface area contributed by atoms with Crippen LogP contribution >= 0.6 is 0 Å². The van der Waals surface area contributed by atoms with Crippen LogP contribution in [0.1, 0.15) is 22.9 Å². The van der Waals surface area contributed by atoms with Gasteiger partial charge in [0, 0.05) is 45.0 Å². The summed E-state index contributed by atoms with van der Waals surface area (Å²) in [5.41, 5.74) is 8.64. The van der Waals surface area contributed by atoms with Gasteiger partial charge in [-0.1, -0.05) is 121 Å². The van der Waals surface area contributed by atoms with Crippen molar-refractivity contribution in [2.45, 2.75) is 6.17 Å². The van der Waals surface area contributed by atoms with Crippen molar-refractivity contribution in [1.82, 2.24) is 5.32 Å². The topological polar surface area (TPSA) is 75.1 Å². The summed E-state index contributed by atoms with van der Waals surface area (Å²) in [6.07, 6.45) is 1.68. The third-order valence-electron chi connectivity index (χ3n) is 9.37. The molecular formula is C42H28N4O2. The van der Waals surface area contributed by atoms with Gasteiger partial charge in [0.1, 0.15) is 28.4 Å². The zero-order valence-corrected chi connectivity index (χ0v) is 25.8. The molecule has 8 aromatic rings. The van der Waals surface area contributed by atoms with Gasteiger partial charge in [0.25, 0.3) is 0 Å². The van der Waals surface area contributed by atoms with Crippen LogP contribution in [0.2, 0.25) is 0 Å². The molecule has 4 heterocycles. The first kappa shape index (κ1) is 26.8. The predicted octanol–water partition coefficient (Wildman–Crippen LogP) is 10.1. The fourth-order valence-electron chi connectivity index (χ4n) is 7.15. The largest absolute Gasteiger partial charge is 0.456 e. The molecule has 2 N–H and O–H groups in total. The molecule has 1 unspecified atom stereocenters. The van der Waals surface area contributed by atoms with E-state index in [1.54, 1.807) is 0 Å². The molecule has 0 radical (unpaired) electrons. The van der Waals surface area contributed by atoms with E-state index in [4.69, 9.17) is 18.8 Å². The van der Waals surface area contributed by atoms with Crippen LogP contribution in [-0.2, 0) is 0 Å². The number of hydrogen-bond acceptors (Lipinski definition) is 6. The van der Waals surface area contributed by atoms with Crippen molar-refractivity contribution in [2.24, 2.45) is 9.98 Å². The van der Waals surface area contributed by atoms with Gasteiger partial charge in [-0.15, -0.1) is 0 Å². The van der Waals surface area contributed by atoms with Gasteiger partial charge in [0.15, 0.2) is 6.17 Å². The zero-order valence-electron chi connectivity index (χ0n) is 25.8. The Balaban J connectivity index is 1.17. The lowest BCUT2D eigenvalue weighted by Crippen LogP contribution is -2.36. The zero-order chi connectivity index (χ0) is 31.6. The van der Waals surface area contributed by atoms with E-state index < -0.39 is 6.17 Å². The number of nitrogens with one attached hydrogen (secondary N) is 2. The van der Waals surface area contributed by atoms with E-state index >= 15 is 0 Å². The number of nitrogens with zero attached hydrogens (tertiary/aromatic N) is 2. The molecule has 0 saturated carbocycles. The fourth-order valence-corrected chi connectivity index (χ4v) is 7.15. The minimum absolute atomic E-state index is 0.510. The smallest absolute Gasteiger partial charge is 0.202 e. The van der Waals surface area contributed by atoms with Gasteiger partial charge in [-0.3, -0.25) is 0 Å². The first-order valence-electron chi connectivity index (χ1n) is 16.2. The van der Waals surface area contributed by atoms with Crippen LogP contribution in [0.25, 0.3) is 60.4 Å². The SMILES string of the molecule is C1=C(C2=NC(c3cccc4oc5ccccc5c34)N=C(c3ccc4ccccc4c3)N2)c2c(oc3c(-c4ccccc4)cccc23)NC1. The van der Waals surface area contributed by atoms with Gasteiger partial charge in [0.05, 0.1) is 5.56 Å². The second kappa shape index (κ2) is 10.6. The average molecular weight is 621 g/mol. The van der Waals surface area contributed by atoms with Crippen molar-refractivity contribution >= 4 is 66.8 Å². The van der Waals surface area contributed by atoms with E-state index in [2.05, 4.69) is 114 Å². The maximum absolute atomic E-state index is 6.59. The van der Waals surface area contributed by atoms with Crippen LogP contribution in [0, 0.1) is 0 Å². The van der Waals surface area contributed by atoms with Gasteiger partial charge in [-0.05, 0) is 34.5 Å². The van der Waals surface area contributed by atoms with Gasteiger partial charge in [-0.2, -0.15) is 0 Å². The van der Waals surface area contributed by atoms with E-state index in [0.29, 0.717) is 6.54 Å². The number of benzene rings is 6. The Labute approximate surface area is 275 Å². The highest BCUT2D eigenvalue weighted by Gasteiger charge is 2.30. The Bertz CT molecular complexity index is 2660. The minimum Gasteiger partial charge on any atom is -0.456 e. The van der Waals surface area contributed by atoms with Gasteiger partial charge >= 0.3 is 0 Å². The molecule has 0 bridgehead atoms. The number of furan rings is 2. The average Bonchev–Trinajstić information content (AvgIpc) is 3.73. The van der Waals surface area contributed by atoms with Crippen LogP contribution in [0.15, 0.2) is 158 Å². The first-order valence-corrected chi connectivity index (χ1v) is 16.2. The number of amidine groups is 2. The van der Waals surface area contributed by atoms with E-state index in [9.17, 15) is 0 Å². The van der Waals surface area contributed by atoms with Crippen molar-refractivity contribution < 1.29 is 8.83 Å². The Kier molecular flexibility index (Phi) is 5.90. The lowest BCUT2D eigenvalue weighted by molar-refractivity contribution is 0.628. The van der Waals surface area contributed by atoms with E-state index in [1.807, 2.05) is 36.4 Å². The summed E-state index contributed by atoms with van der Waals surface area (Å²) < 4.78 is 12.9. The second-order valence-corrected chi connectivity index (χ2v) is 12.2. The number of rotatable bonds is 4. The molecule has 10 rings (SSSR count). The van der Waals surface area contributed by atoms with Crippen molar-refractivity contribution in [2.75, 3.05) is 11.9 Å². The van der Waals surface area contributed by atoms with Crippen LogP contribution < -0.4 is 10.6 Å². The number of hydrogen-bond donors (Lipinski definition) is 2. The Morgan fingerprint density at radius 1 is 0.604 bits per heavy atom. The third kappa shape index (κ3) is 4.19. The molecule has 6 nitrogen and oxygen atoms in total. The maximum Gasteiger partial charge on any atom is 0.202 e. The second-order valence-electron chi connectivity index (χ2n) is 12.2. The summed E-state index contributed by atoms with van der Waals surface area (Å²) in [7, 11) is 0. The molecule has 48 heavy (non-hydrogen) atoms. The Morgan fingerprint density at radius 3 is 2.31 bits per heavy atom. The van der Waals surface area contributed by atoms with Crippen molar-refractivity contribution in [1.29, 1.82) is 0 Å².